The molecule has 18 atom stereocenters. The quantitative estimate of drug-likeness (QED) is 0.0492. The number of esters is 2. The van der Waals surface area contributed by atoms with Crippen LogP contribution in [0.15, 0.2) is 51.2 Å². The summed E-state index contributed by atoms with van der Waals surface area (Å²) in [6.45, 7) is 13.5. The fourth-order valence-corrected chi connectivity index (χ4v) is 14.7. The van der Waals surface area contributed by atoms with Crippen LogP contribution in [0.2, 0.25) is 0 Å². The van der Waals surface area contributed by atoms with Crippen molar-refractivity contribution >= 4 is 58.4 Å². The number of fused-ring (bicyclic) bond motifs is 3. The van der Waals surface area contributed by atoms with Crippen LogP contribution >= 0.6 is 23.2 Å². The number of unbranched alkanes of at least 4 members (excludes halogenated alkanes) is 1. The third kappa shape index (κ3) is 14.6. The minimum absolute atomic E-state index is 0.0255. The smallest absolute Gasteiger partial charge is 0.406 e. The molecule has 0 radical (unpaired) electrons. The number of hydrogen-bond acceptors (Lipinski definition) is 29. The predicted octanol–water partition coefficient (Wildman–Crippen LogP) is -0.578. The number of nitrogens with one attached hydrogen (secondary N) is 3. The second-order valence-electron chi connectivity index (χ2n) is 20.8. The van der Waals surface area contributed by atoms with Gasteiger partial charge in [0.15, 0.2) is 18.7 Å². The van der Waals surface area contributed by atoms with E-state index in [1.54, 1.807) is 6.92 Å². The van der Waals surface area contributed by atoms with Crippen molar-refractivity contribution in [2.75, 3.05) is 50.2 Å². The summed E-state index contributed by atoms with van der Waals surface area (Å²) in [6.07, 6.45) is -3.48. The van der Waals surface area contributed by atoms with Gasteiger partial charge in [0, 0.05) is 18.6 Å². The molecule has 0 aliphatic carbocycles. The molecule has 0 spiro atoms. The van der Waals surface area contributed by atoms with Gasteiger partial charge in [0.25, 0.3) is 0 Å². The number of carbonyl (C=O) groups excluding carboxylic acids is 3. The summed E-state index contributed by atoms with van der Waals surface area (Å²) in [5.41, 5.74) is 9.09. The highest BCUT2D eigenvalue weighted by atomic mass is 31.2. The van der Waals surface area contributed by atoms with Gasteiger partial charge >= 0.3 is 52.2 Å². The molecule has 468 valence electrons. The third-order valence-corrected chi connectivity index (χ3v) is 18.9. The molecule has 3 aromatic rings. The van der Waals surface area contributed by atoms with E-state index in [2.05, 4.69) is 30.2 Å². The zero-order valence-electron chi connectivity index (χ0n) is 47.1. The third-order valence-electron chi connectivity index (χ3n) is 13.8. The zero-order valence-corrected chi connectivity index (χ0v) is 49.8. The second kappa shape index (κ2) is 26.0. The first kappa shape index (κ1) is 66.3. The molecule has 84 heavy (non-hydrogen) atoms. The molecule has 6 saturated heterocycles. The first-order valence-corrected chi connectivity index (χ1v) is 30.9. The monoisotopic (exact) mass is 1250 g/mol. The van der Waals surface area contributed by atoms with E-state index in [1.807, 2.05) is 6.92 Å². The zero-order chi connectivity index (χ0) is 62.1. The molecule has 38 heteroatoms. The maximum atomic E-state index is 13.0. The van der Waals surface area contributed by atoms with Crippen molar-refractivity contribution in [2.45, 2.75) is 165 Å². The van der Waals surface area contributed by atoms with E-state index in [1.165, 1.54) is 85.3 Å². The van der Waals surface area contributed by atoms with Crippen LogP contribution in [0.4, 0.5) is 17.5 Å². The summed E-state index contributed by atoms with van der Waals surface area (Å²) in [4.78, 5) is 82.4. The molecular weight excluding hydrogens is 1180 g/mol. The van der Waals surface area contributed by atoms with E-state index in [-0.39, 0.29) is 56.3 Å². The molecule has 9 heterocycles. The van der Waals surface area contributed by atoms with E-state index in [0.29, 0.717) is 6.42 Å². The van der Waals surface area contributed by atoms with Crippen LogP contribution < -0.4 is 49.5 Å². The average molecular weight is 1250 g/mol. The van der Waals surface area contributed by atoms with Gasteiger partial charge in [0.1, 0.15) is 88.7 Å². The number of Topliss-reactive ketones (excluding diaryl/α,β-unsaturated/α-hetero) is 1. The number of nitrogens with two attached hydrogens (primary N) is 3. The largest absolute Gasteiger partial charge is 0.465 e. The van der Waals surface area contributed by atoms with Gasteiger partial charge in [-0.2, -0.15) is 15.0 Å². The van der Waals surface area contributed by atoms with Crippen LogP contribution in [-0.4, -0.2) is 166 Å². The highest BCUT2D eigenvalue weighted by molar-refractivity contribution is 7.52. The lowest BCUT2D eigenvalue weighted by Crippen LogP contribution is -2.50. The van der Waals surface area contributed by atoms with E-state index in [0.717, 1.165) is 20.1 Å². The number of rotatable bonds is 16. The highest BCUT2D eigenvalue weighted by Crippen LogP contribution is 2.58. The van der Waals surface area contributed by atoms with Gasteiger partial charge in [-0.3, -0.25) is 55.2 Å². The van der Waals surface area contributed by atoms with Crippen molar-refractivity contribution < 1.29 is 94.2 Å². The Morgan fingerprint density at radius 3 is 1.20 bits per heavy atom. The van der Waals surface area contributed by atoms with Crippen LogP contribution in [0.3, 0.4) is 0 Å². The Kier molecular flexibility index (Phi) is 20.5. The molecule has 0 bridgehead atoms. The number of nitrogen functional groups attached to an aromatic ring is 3. The number of ketones is 1. The first-order chi connectivity index (χ1) is 39.2. The lowest BCUT2D eigenvalue weighted by atomic mass is 9.96. The number of carbonyl (C=O) groups is 3. The summed E-state index contributed by atoms with van der Waals surface area (Å²) >= 11 is 0. The minimum Gasteiger partial charge on any atom is -0.465 e. The van der Waals surface area contributed by atoms with E-state index in [9.17, 15) is 57.8 Å². The summed E-state index contributed by atoms with van der Waals surface area (Å²) in [5.74, 6) is -1.38. The average Bonchev–Trinajstić information content (AvgIpc) is 1.74. The maximum Gasteiger partial charge on any atom is 0.406 e. The Hall–Kier alpha value is -5.26. The normalized spacial score (nSPS) is 36.0. The van der Waals surface area contributed by atoms with E-state index < -0.39 is 142 Å². The Morgan fingerprint density at radius 1 is 0.607 bits per heavy atom. The molecule has 3 unspecified atom stereocenters. The van der Waals surface area contributed by atoms with Crippen molar-refractivity contribution in [3.8, 4) is 0 Å². The van der Waals surface area contributed by atoms with Gasteiger partial charge in [-0.1, -0.05) is 13.3 Å². The van der Waals surface area contributed by atoms with Crippen molar-refractivity contribution in [1.29, 1.82) is 0 Å². The fourth-order valence-electron chi connectivity index (χ4n) is 9.31. The van der Waals surface area contributed by atoms with E-state index in [4.69, 9.17) is 68.0 Å². The Balaban J connectivity index is 0.000000181. The van der Waals surface area contributed by atoms with Crippen LogP contribution in [0.1, 0.15) is 93.8 Å². The van der Waals surface area contributed by atoms with Crippen LogP contribution in [0, 0.1) is 0 Å². The summed E-state index contributed by atoms with van der Waals surface area (Å²) in [6, 6.07) is 1.47. The Bertz CT molecular complexity index is 3240. The molecular formula is C46H71N12O23P3. The Labute approximate surface area is 479 Å². The molecule has 35 nitrogen and oxygen atoms in total. The summed E-state index contributed by atoms with van der Waals surface area (Å²) in [5, 5.41) is 40.5. The van der Waals surface area contributed by atoms with Gasteiger partial charge in [0.2, 0.25) is 0 Å². The SMILES string of the molecule is CC(=O)[C@H](C)NP1(=O)OC[C@H]2O[C@@H](n3ccc(N)nc3=O)[C@](C)(O)[C@@H]2O1.CCCCOC(=O)[C@H](C)NP1(=O)OC[C@H]2O[C@@H](n3ccc(N)nc3=O)[C@](C)(O)[C@@H]2O1.CCOC(=O)[C@H](C)NP1(=O)OC[C@H]2O[C@@H](n3ccc(N)nc3=O)[C@](C)(O)[C@@H]2O1. The van der Waals surface area contributed by atoms with Crippen molar-refractivity contribution in [3.63, 3.8) is 0 Å². The topological polar surface area (TPSA) is 483 Å². The lowest BCUT2D eigenvalue weighted by molar-refractivity contribution is -0.146. The molecule has 0 aromatic carbocycles. The van der Waals surface area contributed by atoms with Gasteiger partial charge in [-0.15, -0.1) is 0 Å². The molecule has 6 aliphatic rings. The first-order valence-electron chi connectivity index (χ1n) is 26.3. The van der Waals surface area contributed by atoms with Crippen molar-refractivity contribution in [1.82, 2.24) is 43.9 Å². The molecule has 3 aromatic heterocycles. The van der Waals surface area contributed by atoms with Crippen LogP contribution in [0.25, 0.3) is 0 Å². The summed E-state index contributed by atoms with van der Waals surface area (Å²) in [7, 11) is -11.8. The fraction of sp³-hybridized carbons (Fsp3) is 0.674. The van der Waals surface area contributed by atoms with Gasteiger partial charge in [0.05, 0.1) is 39.1 Å². The predicted molar refractivity (Wildman–Crippen MR) is 289 cm³/mol. The molecule has 12 N–H and O–H groups in total. The van der Waals surface area contributed by atoms with Gasteiger partial charge < -0.3 is 56.2 Å². The highest BCUT2D eigenvalue weighted by Gasteiger charge is 2.63. The molecule has 0 saturated carbocycles. The number of hydrogen-bond donors (Lipinski definition) is 9. The second-order valence-corrected chi connectivity index (χ2v) is 25.9. The number of aromatic nitrogens is 6. The Morgan fingerprint density at radius 2 is 0.917 bits per heavy atom. The number of nitrogens with zero attached hydrogens (tertiary/aromatic N) is 6. The van der Waals surface area contributed by atoms with Crippen molar-refractivity contribution in [2.24, 2.45) is 0 Å². The van der Waals surface area contributed by atoms with Crippen LogP contribution in [0.5, 0.6) is 0 Å². The number of ether oxygens (including phenoxy) is 5. The van der Waals surface area contributed by atoms with Gasteiger partial charge in [-0.05, 0) is 80.0 Å². The van der Waals surface area contributed by atoms with Crippen molar-refractivity contribution in [3.05, 3.63) is 68.2 Å². The molecule has 6 fully saturated rings. The minimum atomic E-state index is -3.96. The number of anilines is 3. The maximum absolute atomic E-state index is 13.0. The van der Waals surface area contributed by atoms with Crippen LogP contribution in [-0.2, 0) is 78.9 Å². The van der Waals surface area contributed by atoms with E-state index >= 15 is 0 Å². The standard InChI is InChI=1S/C17H27N4O8P.C15H23N4O8P.C14H21N4O7P/c1-4-5-8-26-14(22)10(2)20-30(25)27-9-11-13(29-30)17(3,24)15(28-11)21-7-6-12(18)19-16(21)23;1-4-24-12(20)8(2)18-28(23)25-7-9-11(27-28)15(3,22)13(26-9)19-6-5-10(16)17-14(19)21;1-7(8(2)19)17-26(22)23-6-9-11(25-26)14(3,21)12(24-9)18-5-4-10(15)16-13(18)20/h6-7,10-11,13,15,24H,4-5,8-9H2,1-3H3,(H,20,25)(H2,18,19,23);5-6,8-9,11,13,22H,4,7H2,1-3H3,(H,18,23)(H2,16,17,21);4-5,7,9,11-12,21H,6H2,1-3H3,(H,17,22)(H2,15,16,20)/t10-,11+,13+,15+,17+,30?;8-,9+,11+,13+,15+,28?;7-,9+,11+,12+,14+,26?/m000/s1. The summed E-state index contributed by atoms with van der Waals surface area (Å²) < 4.78 is 101. The molecule has 9 rings (SSSR count). The number of aliphatic hydroxyl groups is 3. The molecule has 6 aliphatic heterocycles. The van der Waals surface area contributed by atoms with Gasteiger partial charge in [-0.25, -0.2) is 43.3 Å². The lowest BCUT2D eigenvalue weighted by Gasteiger charge is -2.36. The molecule has 0 amide bonds.